The van der Waals surface area contributed by atoms with E-state index in [0.717, 1.165) is 0 Å². The van der Waals surface area contributed by atoms with Gasteiger partial charge in [0.1, 0.15) is 0 Å². The highest BCUT2D eigenvalue weighted by Gasteiger charge is 2.17. The van der Waals surface area contributed by atoms with E-state index in [1.54, 1.807) is 19.1 Å². The molecule has 5 heteroatoms. The standard InChI is InChI=1S/C9H13NO3S/c1-7-8(10)4-3-5-9(7)14(11,12)6-13-2/h3-5H,6,10H2,1-2H3. The minimum atomic E-state index is -3.37. The molecule has 0 aliphatic carbocycles. The van der Waals surface area contributed by atoms with E-state index in [1.807, 2.05) is 0 Å². The molecule has 0 aliphatic rings. The van der Waals surface area contributed by atoms with E-state index in [0.29, 0.717) is 11.3 Å². The van der Waals surface area contributed by atoms with Gasteiger partial charge in [0.25, 0.3) is 0 Å². The second kappa shape index (κ2) is 3.98. The number of hydrogen-bond acceptors (Lipinski definition) is 4. The minimum Gasteiger partial charge on any atom is -0.398 e. The Bertz CT molecular complexity index is 426. The van der Waals surface area contributed by atoms with Crippen LogP contribution in [0.5, 0.6) is 0 Å². The van der Waals surface area contributed by atoms with Crippen molar-refractivity contribution < 1.29 is 13.2 Å². The van der Waals surface area contributed by atoms with Gasteiger partial charge >= 0.3 is 0 Å². The van der Waals surface area contributed by atoms with Gasteiger partial charge < -0.3 is 10.5 Å². The van der Waals surface area contributed by atoms with Gasteiger partial charge in [-0.2, -0.15) is 0 Å². The predicted molar refractivity (Wildman–Crippen MR) is 54.7 cm³/mol. The van der Waals surface area contributed by atoms with E-state index in [4.69, 9.17) is 5.73 Å². The topological polar surface area (TPSA) is 69.4 Å². The van der Waals surface area contributed by atoms with Crippen molar-refractivity contribution in [3.8, 4) is 0 Å². The molecule has 0 aliphatic heterocycles. The molecule has 0 atom stereocenters. The third kappa shape index (κ3) is 2.05. The van der Waals surface area contributed by atoms with Crippen molar-refractivity contribution in [1.29, 1.82) is 0 Å². The molecule has 4 nitrogen and oxygen atoms in total. The number of benzene rings is 1. The van der Waals surface area contributed by atoms with Crippen LogP contribution in [-0.2, 0) is 14.6 Å². The Kier molecular flexibility index (Phi) is 3.13. The van der Waals surface area contributed by atoms with Gasteiger partial charge in [0.15, 0.2) is 5.94 Å². The maximum atomic E-state index is 11.6. The summed E-state index contributed by atoms with van der Waals surface area (Å²) in [5.74, 6) is -0.322. The zero-order valence-electron chi connectivity index (χ0n) is 8.15. The summed E-state index contributed by atoms with van der Waals surface area (Å²) >= 11 is 0. The molecular weight excluding hydrogens is 202 g/mol. The fourth-order valence-electron chi connectivity index (χ4n) is 1.19. The summed E-state index contributed by atoms with van der Waals surface area (Å²) in [6.45, 7) is 1.68. The second-order valence-electron chi connectivity index (χ2n) is 2.99. The van der Waals surface area contributed by atoms with Crippen molar-refractivity contribution in [1.82, 2.24) is 0 Å². The first-order valence-corrected chi connectivity index (χ1v) is 5.71. The molecule has 78 valence electrons. The van der Waals surface area contributed by atoms with Crippen LogP contribution in [0.1, 0.15) is 5.56 Å². The van der Waals surface area contributed by atoms with Gasteiger partial charge in [-0.3, -0.25) is 0 Å². The first-order chi connectivity index (χ1) is 6.49. The van der Waals surface area contributed by atoms with E-state index >= 15 is 0 Å². The Labute approximate surface area is 83.6 Å². The fourth-order valence-corrected chi connectivity index (χ4v) is 2.49. The quantitative estimate of drug-likeness (QED) is 0.762. The molecule has 0 amide bonds. The molecule has 0 bridgehead atoms. The van der Waals surface area contributed by atoms with E-state index in [-0.39, 0.29) is 10.8 Å². The highest BCUT2D eigenvalue weighted by Crippen LogP contribution is 2.21. The lowest BCUT2D eigenvalue weighted by Crippen LogP contribution is -2.10. The molecule has 0 saturated carbocycles. The lowest BCUT2D eigenvalue weighted by atomic mass is 10.2. The molecule has 0 radical (unpaired) electrons. The summed E-state index contributed by atoms with van der Waals surface area (Å²) in [7, 11) is -2.02. The SMILES string of the molecule is COCS(=O)(=O)c1cccc(N)c1C. The number of nitrogen functional groups attached to an aromatic ring is 1. The third-order valence-corrected chi connectivity index (χ3v) is 3.59. The molecule has 0 spiro atoms. The highest BCUT2D eigenvalue weighted by atomic mass is 32.2. The number of methoxy groups -OCH3 is 1. The monoisotopic (exact) mass is 215 g/mol. The van der Waals surface area contributed by atoms with Gasteiger partial charge in [0, 0.05) is 12.8 Å². The summed E-state index contributed by atoms with van der Waals surface area (Å²) in [6, 6.07) is 4.81. The minimum absolute atomic E-state index is 0.236. The maximum Gasteiger partial charge on any atom is 0.202 e. The zero-order chi connectivity index (χ0) is 10.8. The van der Waals surface area contributed by atoms with Gasteiger partial charge in [-0.05, 0) is 24.6 Å². The van der Waals surface area contributed by atoms with Crippen LogP contribution in [-0.4, -0.2) is 21.5 Å². The number of ether oxygens (including phenoxy) is 1. The Morgan fingerprint density at radius 1 is 1.43 bits per heavy atom. The smallest absolute Gasteiger partial charge is 0.202 e. The maximum absolute atomic E-state index is 11.6. The lowest BCUT2D eigenvalue weighted by molar-refractivity contribution is 0.249. The molecule has 1 aromatic carbocycles. The van der Waals surface area contributed by atoms with Crippen LogP contribution in [0.3, 0.4) is 0 Å². The lowest BCUT2D eigenvalue weighted by Gasteiger charge is -2.08. The summed E-state index contributed by atoms with van der Waals surface area (Å²) in [6.07, 6.45) is 0. The van der Waals surface area contributed by atoms with Crippen LogP contribution in [0.4, 0.5) is 5.69 Å². The fraction of sp³-hybridized carbons (Fsp3) is 0.333. The van der Waals surface area contributed by atoms with Gasteiger partial charge in [-0.1, -0.05) is 6.07 Å². The molecule has 0 aromatic heterocycles. The summed E-state index contributed by atoms with van der Waals surface area (Å²) in [5, 5.41) is 0. The zero-order valence-corrected chi connectivity index (χ0v) is 8.97. The number of nitrogens with two attached hydrogens (primary N) is 1. The third-order valence-electron chi connectivity index (χ3n) is 1.93. The molecular formula is C9H13NO3S. The summed E-state index contributed by atoms with van der Waals surface area (Å²) < 4.78 is 27.9. The molecule has 0 fully saturated rings. The number of anilines is 1. The Morgan fingerprint density at radius 2 is 2.07 bits per heavy atom. The molecule has 0 heterocycles. The number of rotatable bonds is 3. The van der Waals surface area contributed by atoms with Crippen molar-refractivity contribution in [3.63, 3.8) is 0 Å². The molecule has 1 rings (SSSR count). The summed E-state index contributed by atoms with van der Waals surface area (Å²) in [4.78, 5) is 0.236. The van der Waals surface area contributed by atoms with Crippen molar-refractivity contribution in [3.05, 3.63) is 23.8 Å². The van der Waals surface area contributed by atoms with E-state index < -0.39 is 9.84 Å². The van der Waals surface area contributed by atoms with Crippen LogP contribution in [0.15, 0.2) is 23.1 Å². The van der Waals surface area contributed by atoms with Crippen LogP contribution in [0, 0.1) is 6.92 Å². The van der Waals surface area contributed by atoms with Crippen molar-refractivity contribution in [2.45, 2.75) is 11.8 Å². The second-order valence-corrected chi connectivity index (χ2v) is 4.90. The van der Waals surface area contributed by atoms with E-state index in [1.165, 1.54) is 13.2 Å². The van der Waals surface area contributed by atoms with Crippen LogP contribution >= 0.6 is 0 Å². The number of hydrogen-bond donors (Lipinski definition) is 1. The Hall–Kier alpha value is -1.07. The van der Waals surface area contributed by atoms with E-state index in [9.17, 15) is 8.42 Å². The van der Waals surface area contributed by atoms with Crippen molar-refractivity contribution >= 4 is 15.5 Å². The molecule has 0 saturated heterocycles. The summed E-state index contributed by atoms with van der Waals surface area (Å²) in [5.41, 5.74) is 6.66. The Balaban J connectivity index is 3.27. The molecule has 14 heavy (non-hydrogen) atoms. The first-order valence-electron chi connectivity index (χ1n) is 4.06. The predicted octanol–water partition coefficient (Wildman–Crippen LogP) is 0.955. The van der Waals surface area contributed by atoms with Crippen molar-refractivity contribution in [2.75, 3.05) is 18.8 Å². The number of sulfone groups is 1. The van der Waals surface area contributed by atoms with Crippen molar-refractivity contribution in [2.24, 2.45) is 0 Å². The highest BCUT2D eigenvalue weighted by molar-refractivity contribution is 7.91. The van der Waals surface area contributed by atoms with Crippen LogP contribution in [0.2, 0.25) is 0 Å². The first kappa shape index (κ1) is 11.0. The van der Waals surface area contributed by atoms with Gasteiger partial charge in [0.05, 0.1) is 4.90 Å². The van der Waals surface area contributed by atoms with Gasteiger partial charge in [0.2, 0.25) is 9.84 Å². The van der Waals surface area contributed by atoms with Crippen LogP contribution in [0.25, 0.3) is 0 Å². The normalized spacial score (nSPS) is 11.6. The van der Waals surface area contributed by atoms with Gasteiger partial charge in [-0.25, -0.2) is 8.42 Å². The average Bonchev–Trinajstić information content (AvgIpc) is 2.09. The van der Waals surface area contributed by atoms with Crippen LogP contribution < -0.4 is 5.73 Å². The Morgan fingerprint density at radius 3 is 2.64 bits per heavy atom. The van der Waals surface area contributed by atoms with E-state index in [2.05, 4.69) is 4.74 Å². The molecule has 2 N–H and O–H groups in total. The molecule has 1 aromatic rings. The average molecular weight is 215 g/mol. The largest absolute Gasteiger partial charge is 0.398 e. The molecule has 0 unspecified atom stereocenters. The van der Waals surface area contributed by atoms with Gasteiger partial charge in [-0.15, -0.1) is 0 Å².